The molecule has 0 saturated heterocycles. The zero-order valence-corrected chi connectivity index (χ0v) is 17.7. The number of ether oxygens (including phenoxy) is 1. The van der Waals surface area contributed by atoms with E-state index in [1.165, 1.54) is 19.1 Å². The van der Waals surface area contributed by atoms with E-state index in [4.69, 9.17) is 13.8 Å². The Morgan fingerprint density at radius 2 is 1.65 bits per heavy atom. The number of nitrogens with one attached hydrogen (secondary N) is 1. The van der Waals surface area contributed by atoms with Gasteiger partial charge >= 0.3 is 19.4 Å². The molecule has 0 radical (unpaired) electrons. The number of nitro groups is 2. The molecular formula is C18H20N3O9P. The highest BCUT2D eigenvalue weighted by molar-refractivity contribution is 7.52. The highest BCUT2D eigenvalue weighted by Gasteiger charge is 2.36. The van der Waals surface area contributed by atoms with E-state index in [9.17, 15) is 29.6 Å². The number of hydrogen-bond acceptors (Lipinski definition) is 9. The second-order valence-electron chi connectivity index (χ2n) is 6.50. The van der Waals surface area contributed by atoms with Crippen LogP contribution in [0.1, 0.15) is 20.8 Å². The molecule has 2 rings (SSSR count). The molecule has 0 aliphatic rings. The summed E-state index contributed by atoms with van der Waals surface area (Å²) in [5, 5.41) is 24.7. The van der Waals surface area contributed by atoms with E-state index in [2.05, 4.69) is 5.09 Å². The Bertz CT molecular complexity index is 1010. The molecular weight excluding hydrogens is 433 g/mol. The van der Waals surface area contributed by atoms with Gasteiger partial charge in [0.05, 0.1) is 22.0 Å². The van der Waals surface area contributed by atoms with Crippen LogP contribution in [0.25, 0.3) is 0 Å². The van der Waals surface area contributed by atoms with Gasteiger partial charge in [0.2, 0.25) is 5.75 Å². The predicted molar refractivity (Wildman–Crippen MR) is 109 cm³/mol. The summed E-state index contributed by atoms with van der Waals surface area (Å²) in [6.07, 6.45) is -0.442. The minimum absolute atomic E-state index is 0.0901. The van der Waals surface area contributed by atoms with Crippen molar-refractivity contribution in [3.8, 4) is 11.5 Å². The van der Waals surface area contributed by atoms with Crippen LogP contribution in [0.5, 0.6) is 11.5 Å². The largest absolute Gasteiger partial charge is 0.513 e. The first kappa shape index (κ1) is 23.8. The summed E-state index contributed by atoms with van der Waals surface area (Å²) in [5.74, 6) is -1.21. The Morgan fingerprint density at radius 3 is 2.19 bits per heavy atom. The summed E-state index contributed by atoms with van der Waals surface area (Å²) in [6.45, 7) is 4.60. The molecule has 2 aromatic rings. The van der Waals surface area contributed by atoms with Gasteiger partial charge in [-0.15, -0.1) is 0 Å². The van der Waals surface area contributed by atoms with Crippen LogP contribution in [-0.4, -0.2) is 28.0 Å². The molecule has 13 heteroatoms. The van der Waals surface area contributed by atoms with Gasteiger partial charge in [0.1, 0.15) is 11.8 Å². The van der Waals surface area contributed by atoms with Gasteiger partial charge in [-0.2, -0.15) is 5.09 Å². The summed E-state index contributed by atoms with van der Waals surface area (Å²) in [5.41, 5.74) is -1.36. The van der Waals surface area contributed by atoms with Gasteiger partial charge in [-0.05, 0) is 39.0 Å². The Morgan fingerprint density at radius 1 is 1.00 bits per heavy atom. The Kier molecular flexibility index (Phi) is 7.67. The average molecular weight is 453 g/mol. The van der Waals surface area contributed by atoms with Crippen molar-refractivity contribution in [3.63, 3.8) is 0 Å². The van der Waals surface area contributed by atoms with Crippen molar-refractivity contribution in [2.24, 2.45) is 0 Å². The van der Waals surface area contributed by atoms with E-state index in [0.29, 0.717) is 6.07 Å². The van der Waals surface area contributed by atoms with Gasteiger partial charge < -0.3 is 13.8 Å². The first-order chi connectivity index (χ1) is 14.5. The molecule has 0 heterocycles. The van der Waals surface area contributed by atoms with Crippen molar-refractivity contribution in [3.05, 3.63) is 68.8 Å². The summed E-state index contributed by atoms with van der Waals surface area (Å²) >= 11 is 0. The number of hydrogen-bond donors (Lipinski definition) is 1. The number of para-hydroxylation sites is 1. The van der Waals surface area contributed by atoms with Gasteiger partial charge in [-0.1, -0.05) is 18.2 Å². The lowest BCUT2D eigenvalue weighted by molar-refractivity contribution is -0.394. The average Bonchev–Trinajstić information content (AvgIpc) is 2.67. The van der Waals surface area contributed by atoms with Crippen molar-refractivity contribution in [2.75, 3.05) is 0 Å². The molecule has 0 bridgehead atoms. The van der Waals surface area contributed by atoms with Crippen molar-refractivity contribution in [2.45, 2.75) is 32.9 Å². The van der Waals surface area contributed by atoms with Crippen molar-refractivity contribution < 1.29 is 33.0 Å². The second-order valence-corrected chi connectivity index (χ2v) is 8.11. The zero-order chi connectivity index (χ0) is 23.2. The highest BCUT2D eigenvalue weighted by Crippen LogP contribution is 2.48. The number of esters is 1. The smallest absolute Gasteiger partial charge is 0.462 e. The lowest BCUT2D eigenvalue weighted by Gasteiger charge is -2.23. The van der Waals surface area contributed by atoms with Crippen LogP contribution in [0.4, 0.5) is 11.4 Å². The fourth-order valence-corrected chi connectivity index (χ4v) is 3.82. The van der Waals surface area contributed by atoms with E-state index in [0.717, 1.165) is 12.1 Å². The maximum Gasteiger partial charge on any atom is 0.513 e. The molecule has 0 fully saturated rings. The van der Waals surface area contributed by atoms with Gasteiger partial charge in [0, 0.05) is 6.07 Å². The molecule has 0 aliphatic heterocycles. The molecule has 166 valence electrons. The second kappa shape index (κ2) is 10.0. The van der Waals surface area contributed by atoms with Gasteiger partial charge in [-0.3, -0.25) is 25.0 Å². The van der Waals surface area contributed by atoms with Crippen molar-refractivity contribution >= 4 is 25.1 Å². The lowest BCUT2D eigenvalue weighted by atomic mass is 10.2. The molecule has 0 spiro atoms. The number of carbonyl (C=O) groups excluding carboxylic acids is 1. The van der Waals surface area contributed by atoms with Crippen LogP contribution in [-0.2, 0) is 14.1 Å². The van der Waals surface area contributed by atoms with Crippen molar-refractivity contribution in [1.29, 1.82) is 0 Å². The SMILES string of the molecule is CC(C)OC(=O)C(C)NP(=O)(Oc1ccccc1)Oc1ccc([N+](=O)[O-])cc1[N+](=O)[O-]. The molecule has 0 aliphatic carbocycles. The lowest BCUT2D eigenvalue weighted by Crippen LogP contribution is -2.36. The van der Waals surface area contributed by atoms with E-state index < -0.39 is 52.8 Å². The summed E-state index contributed by atoms with van der Waals surface area (Å²) in [6, 6.07) is 9.14. The third kappa shape index (κ3) is 6.76. The van der Waals surface area contributed by atoms with E-state index in [1.807, 2.05) is 0 Å². The van der Waals surface area contributed by atoms with Crippen LogP contribution >= 0.6 is 7.75 Å². The number of benzene rings is 2. The fraction of sp³-hybridized carbons (Fsp3) is 0.278. The number of carbonyl (C=O) groups is 1. The first-order valence-corrected chi connectivity index (χ1v) is 10.5. The maximum atomic E-state index is 13.4. The summed E-state index contributed by atoms with van der Waals surface area (Å²) < 4.78 is 29.2. The minimum atomic E-state index is -4.45. The normalized spacial score (nSPS) is 13.7. The zero-order valence-electron chi connectivity index (χ0n) is 16.8. The Labute approximate surface area is 177 Å². The van der Waals surface area contributed by atoms with Gasteiger partial charge in [-0.25, -0.2) is 4.57 Å². The molecule has 0 aromatic heterocycles. The highest BCUT2D eigenvalue weighted by atomic mass is 31.2. The quantitative estimate of drug-likeness (QED) is 0.241. The molecule has 0 amide bonds. The molecule has 12 nitrogen and oxygen atoms in total. The number of non-ortho nitro benzene ring substituents is 1. The minimum Gasteiger partial charge on any atom is -0.462 e. The van der Waals surface area contributed by atoms with E-state index in [-0.39, 0.29) is 5.75 Å². The van der Waals surface area contributed by atoms with Crippen LogP contribution in [0.15, 0.2) is 48.5 Å². The van der Waals surface area contributed by atoms with E-state index in [1.54, 1.807) is 32.0 Å². The Hall–Kier alpha value is -3.50. The fourth-order valence-electron chi connectivity index (χ4n) is 2.28. The number of nitro benzene ring substituents is 2. The molecule has 0 saturated carbocycles. The standard InChI is InChI=1S/C18H20N3O9P/c1-12(2)28-18(22)13(3)19-31(27,29-15-7-5-4-6-8-15)30-17-10-9-14(20(23)24)11-16(17)21(25)26/h4-13H,1-3H3,(H,19,27). The Balaban J connectivity index is 2.41. The van der Waals surface area contributed by atoms with E-state index >= 15 is 0 Å². The molecule has 31 heavy (non-hydrogen) atoms. The third-order valence-corrected chi connectivity index (χ3v) is 5.19. The topological polar surface area (TPSA) is 160 Å². The van der Waals surface area contributed by atoms with Crippen LogP contribution in [0.2, 0.25) is 0 Å². The van der Waals surface area contributed by atoms with Crippen LogP contribution in [0.3, 0.4) is 0 Å². The molecule has 2 aromatic carbocycles. The number of nitrogens with zero attached hydrogens (tertiary/aromatic N) is 2. The van der Waals surface area contributed by atoms with Crippen LogP contribution in [0, 0.1) is 20.2 Å². The van der Waals surface area contributed by atoms with Gasteiger partial charge in [0.25, 0.3) is 5.69 Å². The van der Waals surface area contributed by atoms with Gasteiger partial charge in [0.15, 0.2) is 0 Å². The molecule has 1 N–H and O–H groups in total. The monoisotopic (exact) mass is 453 g/mol. The predicted octanol–water partition coefficient (Wildman–Crippen LogP) is 4.00. The third-order valence-electron chi connectivity index (χ3n) is 3.59. The van der Waals surface area contributed by atoms with Crippen molar-refractivity contribution in [1.82, 2.24) is 5.09 Å². The first-order valence-electron chi connectivity index (χ1n) is 8.96. The molecule has 2 atom stereocenters. The maximum absolute atomic E-state index is 13.4. The molecule has 2 unspecified atom stereocenters. The summed E-state index contributed by atoms with van der Waals surface area (Å²) in [4.78, 5) is 32.7. The summed E-state index contributed by atoms with van der Waals surface area (Å²) in [7, 11) is -4.45. The van der Waals surface area contributed by atoms with Crippen LogP contribution < -0.4 is 14.1 Å². The number of rotatable bonds is 10.